The number of rotatable bonds is 4. The van der Waals surface area contributed by atoms with Crippen LogP contribution in [-0.2, 0) is 0 Å². The first-order chi connectivity index (χ1) is 10.7. The van der Waals surface area contributed by atoms with Crippen LogP contribution in [0.5, 0.6) is 0 Å². The van der Waals surface area contributed by atoms with Crippen molar-refractivity contribution in [3.63, 3.8) is 0 Å². The van der Waals surface area contributed by atoms with Crippen molar-refractivity contribution >= 4 is 0 Å². The van der Waals surface area contributed by atoms with E-state index >= 15 is 0 Å². The Morgan fingerprint density at radius 1 is 0.600 bits per heavy atom. The summed E-state index contributed by atoms with van der Waals surface area (Å²) in [6.45, 7) is 0. The van der Waals surface area contributed by atoms with E-state index in [2.05, 4.69) is 0 Å². The van der Waals surface area contributed by atoms with Crippen LogP contribution in [0.2, 0.25) is 0 Å². The first kappa shape index (κ1) is 22.1. The molecule has 0 radical (unpaired) electrons. The van der Waals surface area contributed by atoms with E-state index in [4.69, 9.17) is 0 Å². The molecule has 0 saturated heterocycles. The van der Waals surface area contributed by atoms with Crippen molar-refractivity contribution in [2.75, 3.05) is 0 Å². The predicted octanol–water partition coefficient (Wildman–Crippen LogP) is 3.70. The molecule has 2 unspecified atom stereocenters. The standard InChI is InChI=1S/C11H10F12O2/c12-4(10(18,19)20)8(14,15)6(24)1-2-7(25,3-6)9(16,17)5(13)11(21,22)23/h4-5,24-25H,1-3H2/t4?,5?,6-,7-/m1/s1. The molecule has 0 bridgehead atoms. The first-order valence-electron chi connectivity index (χ1n) is 6.34. The molecule has 2 N–H and O–H groups in total. The van der Waals surface area contributed by atoms with Crippen molar-refractivity contribution in [3.05, 3.63) is 0 Å². The number of aliphatic hydroxyl groups is 2. The second-order valence-corrected chi connectivity index (χ2v) is 5.79. The van der Waals surface area contributed by atoms with Crippen molar-refractivity contribution in [1.29, 1.82) is 0 Å². The molecule has 0 amide bonds. The summed E-state index contributed by atoms with van der Waals surface area (Å²) >= 11 is 0. The molecule has 4 atom stereocenters. The molecule has 1 saturated carbocycles. The molecule has 0 spiro atoms. The third kappa shape index (κ3) is 3.51. The lowest BCUT2D eigenvalue weighted by molar-refractivity contribution is -0.310. The maximum Gasteiger partial charge on any atom is 0.425 e. The van der Waals surface area contributed by atoms with Gasteiger partial charge in [-0.1, -0.05) is 0 Å². The van der Waals surface area contributed by atoms with Gasteiger partial charge in [-0.15, -0.1) is 0 Å². The van der Waals surface area contributed by atoms with Crippen LogP contribution in [0.15, 0.2) is 0 Å². The zero-order valence-corrected chi connectivity index (χ0v) is 11.7. The molecule has 0 aliphatic heterocycles. The number of alkyl halides is 12. The normalized spacial score (nSPS) is 31.9. The van der Waals surface area contributed by atoms with Crippen LogP contribution in [0.25, 0.3) is 0 Å². The van der Waals surface area contributed by atoms with Crippen molar-refractivity contribution in [1.82, 2.24) is 0 Å². The Morgan fingerprint density at radius 3 is 1.04 bits per heavy atom. The molecular formula is C11H10F12O2. The molecule has 150 valence electrons. The van der Waals surface area contributed by atoms with E-state index in [1.165, 1.54) is 0 Å². The van der Waals surface area contributed by atoms with Crippen LogP contribution in [0, 0.1) is 0 Å². The van der Waals surface area contributed by atoms with Gasteiger partial charge in [0.05, 0.1) is 0 Å². The Hall–Kier alpha value is -0.920. The molecule has 14 heteroatoms. The van der Waals surface area contributed by atoms with Gasteiger partial charge in [-0.25, -0.2) is 8.78 Å². The van der Waals surface area contributed by atoms with Crippen molar-refractivity contribution in [3.8, 4) is 0 Å². The molecule has 1 aliphatic carbocycles. The molecule has 0 aromatic carbocycles. The lowest BCUT2D eigenvalue weighted by Crippen LogP contribution is -2.61. The van der Waals surface area contributed by atoms with Crippen LogP contribution in [0.4, 0.5) is 52.7 Å². The molecule has 0 heterocycles. The zero-order chi connectivity index (χ0) is 20.3. The highest BCUT2D eigenvalue weighted by atomic mass is 19.4. The Balaban J connectivity index is 3.21. The minimum absolute atomic E-state index is 1.83. The summed E-state index contributed by atoms with van der Waals surface area (Å²) < 4.78 is 153. The van der Waals surface area contributed by atoms with Crippen LogP contribution in [0.1, 0.15) is 19.3 Å². The third-order valence-corrected chi connectivity index (χ3v) is 3.99. The van der Waals surface area contributed by atoms with E-state index in [1.807, 2.05) is 0 Å². The van der Waals surface area contributed by atoms with E-state index in [0.717, 1.165) is 0 Å². The van der Waals surface area contributed by atoms with Gasteiger partial charge in [0.25, 0.3) is 12.3 Å². The molecule has 1 rings (SSSR count). The minimum Gasteiger partial charge on any atom is -0.383 e. The summed E-state index contributed by atoms with van der Waals surface area (Å²) in [6.07, 6.45) is -28.7. The topological polar surface area (TPSA) is 40.5 Å². The lowest BCUT2D eigenvalue weighted by Gasteiger charge is -2.39. The first-order valence-corrected chi connectivity index (χ1v) is 6.34. The fourth-order valence-electron chi connectivity index (χ4n) is 2.53. The van der Waals surface area contributed by atoms with Gasteiger partial charge in [0.15, 0.2) is 0 Å². The number of hydrogen-bond acceptors (Lipinski definition) is 2. The van der Waals surface area contributed by atoms with Gasteiger partial charge in [0.2, 0.25) is 0 Å². The Kier molecular flexibility index (Phi) is 5.12. The van der Waals surface area contributed by atoms with Gasteiger partial charge in [-0.2, -0.15) is 43.9 Å². The Morgan fingerprint density at radius 2 is 0.840 bits per heavy atom. The highest BCUT2D eigenvalue weighted by Gasteiger charge is 2.76. The van der Waals surface area contributed by atoms with Crippen molar-refractivity contribution < 1.29 is 62.9 Å². The molecule has 25 heavy (non-hydrogen) atoms. The average molecular weight is 402 g/mol. The van der Waals surface area contributed by atoms with E-state index in [-0.39, 0.29) is 0 Å². The monoisotopic (exact) mass is 402 g/mol. The van der Waals surface area contributed by atoms with E-state index in [9.17, 15) is 62.9 Å². The molecule has 2 nitrogen and oxygen atoms in total. The molecule has 1 aliphatic rings. The summed E-state index contributed by atoms with van der Waals surface area (Å²) in [5, 5.41) is 18.9. The second kappa shape index (κ2) is 5.79. The summed E-state index contributed by atoms with van der Waals surface area (Å²) in [4.78, 5) is 0. The lowest BCUT2D eigenvalue weighted by atomic mass is 9.84. The van der Waals surface area contributed by atoms with Gasteiger partial charge in [0.1, 0.15) is 11.2 Å². The van der Waals surface area contributed by atoms with Gasteiger partial charge >= 0.3 is 24.2 Å². The second-order valence-electron chi connectivity index (χ2n) is 5.79. The van der Waals surface area contributed by atoms with E-state index in [0.29, 0.717) is 0 Å². The van der Waals surface area contributed by atoms with Gasteiger partial charge in [0, 0.05) is 6.42 Å². The highest BCUT2D eigenvalue weighted by Crippen LogP contribution is 2.56. The zero-order valence-electron chi connectivity index (χ0n) is 11.7. The largest absolute Gasteiger partial charge is 0.425 e. The van der Waals surface area contributed by atoms with Gasteiger partial charge in [-0.3, -0.25) is 0 Å². The highest BCUT2D eigenvalue weighted by molar-refractivity contribution is 5.14. The summed E-state index contributed by atoms with van der Waals surface area (Å²) in [7, 11) is 0. The summed E-state index contributed by atoms with van der Waals surface area (Å²) in [6, 6.07) is 0. The van der Waals surface area contributed by atoms with Crippen LogP contribution >= 0.6 is 0 Å². The predicted molar refractivity (Wildman–Crippen MR) is 55.5 cm³/mol. The molecule has 1 fully saturated rings. The maximum atomic E-state index is 13.6. The van der Waals surface area contributed by atoms with Crippen LogP contribution in [0.3, 0.4) is 0 Å². The van der Waals surface area contributed by atoms with Gasteiger partial charge in [-0.05, 0) is 12.8 Å². The maximum absolute atomic E-state index is 13.6. The van der Waals surface area contributed by atoms with Gasteiger partial charge < -0.3 is 10.2 Å². The SMILES string of the molecule is O[C@]1(C(F)(F)C(F)C(F)(F)F)CC[C@](O)(C(F)(F)C(F)C(F)(F)F)C1. The van der Waals surface area contributed by atoms with E-state index in [1.54, 1.807) is 0 Å². The molecule has 0 aromatic heterocycles. The number of halogens is 12. The average Bonchev–Trinajstić information content (AvgIpc) is 2.74. The third-order valence-electron chi connectivity index (χ3n) is 3.99. The van der Waals surface area contributed by atoms with Crippen molar-refractivity contribution in [2.45, 2.75) is 67.0 Å². The quantitative estimate of drug-likeness (QED) is 0.705. The summed E-state index contributed by atoms with van der Waals surface area (Å²) in [5.41, 5.74) is -8.54. The van der Waals surface area contributed by atoms with E-state index < -0.39 is 67.0 Å². The Labute approximate surface area is 131 Å². The molecular weight excluding hydrogens is 392 g/mol. The number of hydrogen-bond donors (Lipinski definition) is 2. The summed E-state index contributed by atoms with van der Waals surface area (Å²) in [5.74, 6) is -11.6. The minimum atomic E-state index is -6.24. The fourth-order valence-corrected chi connectivity index (χ4v) is 2.53. The van der Waals surface area contributed by atoms with Crippen molar-refractivity contribution in [2.24, 2.45) is 0 Å². The fraction of sp³-hybridized carbons (Fsp3) is 1.00. The van der Waals surface area contributed by atoms with Crippen LogP contribution in [-0.4, -0.2) is 58.0 Å². The smallest absolute Gasteiger partial charge is 0.383 e. The van der Waals surface area contributed by atoms with Crippen LogP contribution < -0.4 is 0 Å². The Bertz CT molecular complexity index is 456. The molecule has 0 aromatic rings.